The summed E-state index contributed by atoms with van der Waals surface area (Å²) in [4.78, 5) is 17.0. The van der Waals surface area contributed by atoms with Crippen LogP contribution in [0.5, 0.6) is 5.75 Å². The summed E-state index contributed by atoms with van der Waals surface area (Å²) in [7, 11) is 0. The van der Waals surface area contributed by atoms with Crippen molar-refractivity contribution in [1.29, 1.82) is 0 Å². The molecule has 0 saturated heterocycles. The maximum absolute atomic E-state index is 12.0. The van der Waals surface area contributed by atoms with Crippen LogP contribution < -0.4 is 10.5 Å². The minimum atomic E-state index is -0.429. The van der Waals surface area contributed by atoms with Crippen molar-refractivity contribution in [3.05, 3.63) is 65.2 Å². The summed E-state index contributed by atoms with van der Waals surface area (Å²) in [6.07, 6.45) is 2.82. The molecule has 32 heavy (non-hydrogen) atoms. The Balaban J connectivity index is 1.96. The second kappa shape index (κ2) is 11.2. The summed E-state index contributed by atoms with van der Waals surface area (Å²) < 4.78 is 6.10. The molecule has 0 atom stereocenters. The van der Waals surface area contributed by atoms with Gasteiger partial charge in [0.25, 0.3) is 0 Å². The lowest BCUT2D eigenvalue weighted by molar-refractivity contribution is -0.143. The molecule has 2 rings (SSSR count). The van der Waals surface area contributed by atoms with Gasteiger partial charge in [-0.1, -0.05) is 89.2 Å². The molecule has 2 N–H and O–H groups in total. The highest BCUT2D eigenvalue weighted by Crippen LogP contribution is 2.38. The average molecular weight is 439 g/mol. The highest BCUT2D eigenvalue weighted by Gasteiger charge is 2.26. The van der Waals surface area contributed by atoms with Crippen molar-refractivity contribution < 1.29 is 14.4 Å². The van der Waals surface area contributed by atoms with Crippen LogP contribution in [0.3, 0.4) is 0 Å². The normalized spacial score (nSPS) is 12.5. The van der Waals surface area contributed by atoms with Gasteiger partial charge in [-0.15, -0.1) is 0 Å². The quantitative estimate of drug-likeness (QED) is 0.152. The van der Waals surface area contributed by atoms with E-state index < -0.39 is 5.97 Å². The number of hydrogen-bond donors (Lipinski definition) is 1. The van der Waals surface area contributed by atoms with Crippen LogP contribution in [0.2, 0.25) is 0 Å². The summed E-state index contributed by atoms with van der Waals surface area (Å²) in [5.41, 5.74) is 9.20. The molecule has 0 amide bonds. The summed E-state index contributed by atoms with van der Waals surface area (Å²) in [6, 6.07) is 15.7. The predicted molar refractivity (Wildman–Crippen MR) is 131 cm³/mol. The lowest BCUT2D eigenvalue weighted by Crippen LogP contribution is -2.21. The highest BCUT2D eigenvalue weighted by atomic mass is 16.7. The number of hydrogen-bond acceptors (Lipinski definition) is 4. The van der Waals surface area contributed by atoms with Crippen molar-refractivity contribution in [3.63, 3.8) is 0 Å². The number of carbonyl (C=O) groups is 1. The third kappa shape index (κ3) is 6.84. The predicted octanol–water partition coefficient (Wildman–Crippen LogP) is 6.08. The molecule has 0 aliphatic rings. The molecule has 0 spiro atoms. The summed E-state index contributed by atoms with van der Waals surface area (Å²) in [6.45, 7) is 13.9. The number of nitrogens with zero attached hydrogens (tertiary/aromatic N) is 1. The molecule has 0 fully saturated rings. The van der Waals surface area contributed by atoms with Crippen LogP contribution in [0.4, 0.5) is 0 Å². The van der Waals surface area contributed by atoms with E-state index in [1.54, 1.807) is 0 Å². The Kier molecular flexibility index (Phi) is 8.88. The molecule has 5 nitrogen and oxygen atoms in total. The van der Waals surface area contributed by atoms with E-state index >= 15 is 0 Å². The zero-order valence-electron chi connectivity index (χ0n) is 20.4. The van der Waals surface area contributed by atoms with Gasteiger partial charge in [0.2, 0.25) is 0 Å². The lowest BCUT2D eigenvalue weighted by atomic mass is 9.76. The van der Waals surface area contributed by atoms with Crippen LogP contribution in [0.15, 0.2) is 53.7 Å². The number of rotatable bonds is 11. The first-order valence-electron chi connectivity index (χ1n) is 11.5. The minimum absolute atomic E-state index is 0.00221. The van der Waals surface area contributed by atoms with Crippen molar-refractivity contribution in [1.82, 2.24) is 0 Å². The van der Waals surface area contributed by atoms with Gasteiger partial charge in [-0.2, -0.15) is 0 Å². The zero-order valence-corrected chi connectivity index (χ0v) is 20.4. The Morgan fingerprint density at radius 3 is 2.25 bits per heavy atom. The van der Waals surface area contributed by atoms with Crippen LogP contribution in [0, 0.1) is 0 Å². The number of carbonyl (C=O) groups excluding carboxylic acids is 1. The third-order valence-electron chi connectivity index (χ3n) is 6.36. The molecule has 0 bridgehead atoms. The molecule has 0 aliphatic carbocycles. The molecule has 2 aromatic carbocycles. The van der Waals surface area contributed by atoms with Gasteiger partial charge in [0.1, 0.15) is 5.75 Å². The van der Waals surface area contributed by atoms with Crippen molar-refractivity contribution in [2.24, 2.45) is 10.9 Å². The summed E-state index contributed by atoms with van der Waals surface area (Å²) >= 11 is 0. The Labute approximate surface area is 193 Å². The Morgan fingerprint density at radius 2 is 1.62 bits per heavy atom. The van der Waals surface area contributed by atoms with Crippen LogP contribution in [0.25, 0.3) is 0 Å². The van der Waals surface area contributed by atoms with Gasteiger partial charge in [-0.05, 0) is 41.7 Å². The maximum Gasteiger partial charge on any atom is 0.335 e. The first kappa shape index (κ1) is 25.4. The van der Waals surface area contributed by atoms with Crippen LogP contribution in [0.1, 0.15) is 83.9 Å². The van der Waals surface area contributed by atoms with Gasteiger partial charge in [0, 0.05) is 11.1 Å². The molecule has 2 aromatic rings. The molecule has 0 aliphatic heterocycles. The van der Waals surface area contributed by atoms with Gasteiger partial charge >= 0.3 is 5.97 Å². The zero-order chi connectivity index (χ0) is 23.8. The molecule has 5 heteroatoms. The Bertz CT molecular complexity index is 918. The first-order chi connectivity index (χ1) is 15.1. The number of amidine groups is 1. The fraction of sp³-hybridized carbons (Fsp3) is 0.481. The lowest BCUT2D eigenvalue weighted by Gasteiger charge is -2.30. The number of nitrogens with two attached hydrogens (primary N) is 1. The smallest absolute Gasteiger partial charge is 0.335 e. The number of ether oxygens (including phenoxy) is 1. The van der Waals surface area contributed by atoms with E-state index in [9.17, 15) is 4.79 Å². The Hall–Kier alpha value is -2.82. The van der Waals surface area contributed by atoms with Crippen LogP contribution >= 0.6 is 0 Å². The fourth-order valence-corrected chi connectivity index (χ4v) is 3.21. The van der Waals surface area contributed by atoms with E-state index in [1.807, 2.05) is 30.3 Å². The van der Waals surface area contributed by atoms with Gasteiger partial charge in [-0.25, -0.2) is 4.79 Å². The van der Waals surface area contributed by atoms with Crippen molar-refractivity contribution in [2.45, 2.75) is 78.1 Å². The second-order valence-electron chi connectivity index (χ2n) is 9.44. The number of benzene rings is 2. The molecular weight excluding hydrogens is 400 g/mol. The fourth-order valence-electron chi connectivity index (χ4n) is 3.21. The molecule has 174 valence electrons. The van der Waals surface area contributed by atoms with E-state index in [-0.39, 0.29) is 23.1 Å². The summed E-state index contributed by atoms with van der Waals surface area (Å²) in [5.74, 6) is 0.630. The topological polar surface area (TPSA) is 73.9 Å². The molecule has 0 radical (unpaired) electrons. The average Bonchev–Trinajstić information content (AvgIpc) is 2.80. The van der Waals surface area contributed by atoms with Crippen LogP contribution in [-0.4, -0.2) is 18.4 Å². The van der Waals surface area contributed by atoms with E-state index in [4.69, 9.17) is 15.3 Å². The van der Waals surface area contributed by atoms with E-state index in [2.05, 4.69) is 64.9 Å². The molecule has 0 unspecified atom stereocenters. The first-order valence-corrected chi connectivity index (χ1v) is 11.5. The van der Waals surface area contributed by atoms with Gasteiger partial charge in [-0.3, -0.25) is 0 Å². The monoisotopic (exact) mass is 438 g/mol. The maximum atomic E-state index is 12.0. The van der Waals surface area contributed by atoms with Crippen molar-refractivity contribution in [3.8, 4) is 5.75 Å². The van der Waals surface area contributed by atoms with Gasteiger partial charge < -0.3 is 15.3 Å². The summed E-state index contributed by atoms with van der Waals surface area (Å²) in [5, 5.41) is 3.73. The molecule has 0 saturated carbocycles. The molecule has 0 heterocycles. The van der Waals surface area contributed by atoms with Gasteiger partial charge in [0.15, 0.2) is 5.84 Å². The minimum Gasteiger partial charge on any atom is -0.493 e. The van der Waals surface area contributed by atoms with E-state index in [0.717, 1.165) is 18.6 Å². The largest absolute Gasteiger partial charge is 0.493 e. The highest BCUT2D eigenvalue weighted by molar-refractivity contribution is 5.97. The van der Waals surface area contributed by atoms with E-state index in [1.165, 1.54) is 11.1 Å². The van der Waals surface area contributed by atoms with Crippen molar-refractivity contribution in [2.75, 3.05) is 6.61 Å². The third-order valence-corrected chi connectivity index (χ3v) is 6.36. The van der Waals surface area contributed by atoms with Crippen LogP contribution in [-0.2, 0) is 20.5 Å². The van der Waals surface area contributed by atoms with Crippen molar-refractivity contribution >= 4 is 11.8 Å². The second-order valence-corrected chi connectivity index (χ2v) is 9.44. The standard InChI is InChI=1S/C27H38N2O3/c1-7-26(3,4)21-16-17-23(22(19-21)27(5,6)8-2)31-18-12-15-24(30)32-29-25(28)20-13-10-9-11-14-20/h9-11,13-14,16-17,19H,7-8,12,15,18H2,1-6H3,(H2,28,29). The van der Waals surface area contributed by atoms with Gasteiger partial charge in [0.05, 0.1) is 13.0 Å². The van der Waals surface area contributed by atoms with E-state index in [0.29, 0.717) is 18.6 Å². The molecular formula is C27H38N2O3. The Morgan fingerprint density at radius 1 is 0.969 bits per heavy atom. The molecule has 0 aromatic heterocycles. The number of oxime groups is 1. The SMILES string of the molecule is CCC(C)(C)c1ccc(OCCCC(=O)O/N=C(\N)c2ccccc2)c(C(C)(C)CC)c1.